The molecule has 0 fully saturated rings. The van der Waals surface area contributed by atoms with Crippen molar-refractivity contribution in [2.24, 2.45) is 0 Å². The van der Waals surface area contributed by atoms with Gasteiger partial charge in [-0.05, 0) is 49.7 Å². The van der Waals surface area contributed by atoms with Crippen molar-refractivity contribution in [3.05, 3.63) is 59.8 Å². The molecule has 1 atom stereocenters. The Morgan fingerprint density at radius 2 is 2.05 bits per heavy atom. The van der Waals surface area contributed by atoms with Crippen LogP contribution >= 0.6 is 0 Å². The third kappa shape index (κ3) is 5.04. The van der Waals surface area contributed by atoms with Crippen LogP contribution in [0, 0.1) is 5.82 Å². The van der Waals surface area contributed by atoms with E-state index in [9.17, 15) is 9.18 Å². The molecule has 0 radical (unpaired) electrons. The minimum Gasteiger partial charge on any atom is -0.467 e. The Morgan fingerprint density at radius 3 is 2.71 bits per heavy atom. The zero-order valence-electron chi connectivity index (χ0n) is 11.9. The highest BCUT2D eigenvalue weighted by Gasteiger charge is 2.11. The van der Waals surface area contributed by atoms with Crippen LogP contribution in [-0.2, 0) is 17.8 Å². The highest BCUT2D eigenvalue weighted by atomic mass is 19.1. The maximum Gasteiger partial charge on any atom is 0.237 e. The van der Waals surface area contributed by atoms with Crippen molar-refractivity contribution in [1.29, 1.82) is 0 Å². The molecule has 1 aromatic heterocycles. The third-order valence-electron chi connectivity index (χ3n) is 3.19. The van der Waals surface area contributed by atoms with Crippen LogP contribution in [0.4, 0.5) is 4.39 Å². The van der Waals surface area contributed by atoms with Crippen molar-refractivity contribution >= 4 is 5.91 Å². The molecule has 1 amide bonds. The molecule has 0 aliphatic rings. The van der Waals surface area contributed by atoms with Crippen LogP contribution in [0.3, 0.4) is 0 Å². The van der Waals surface area contributed by atoms with E-state index in [2.05, 4.69) is 10.6 Å². The number of benzene rings is 1. The zero-order chi connectivity index (χ0) is 15.1. The highest BCUT2D eigenvalue weighted by Crippen LogP contribution is 2.03. The van der Waals surface area contributed by atoms with Gasteiger partial charge in [-0.2, -0.15) is 0 Å². The molecule has 21 heavy (non-hydrogen) atoms. The molecule has 1 unspecified atom stereocenters. The van der Waals surface area contributed by atoms with Gasteiger partial charge in [0.05, 0.1) is 18.8 Å². The van der Waals surface area contributed by atoms with E-state index in [4.69, 9.17) is 4.42 Å². The van der Waals surface area contributed by atoms with Gasteiger partial charge in [0.2, 0.25) is 5.91 Å². The fourth-order valence-electron chi connectivity index (χ4n) is 1.92. The van der Waals surface area contributed by atoms with Gasteiger partial charge in [-0.15, -0.1) is 0 Å². The van der Waals surface area contributed by atoms with Gasteiger partial charge in [-0.1, -0.05) is 12.1 Å². The van der Waals surface area contributed by atoms with E-state index < -0.39 is 0 Å². The number of carbonyl (C=O) groups is 1. The Morgan fingerprint density at radius 1 is 1.29 bits per heavy atom. The maximum atomic E-state index is 12.8. The minimum absolute atomic E-state index is 0.0782. The predicted octanol–water partition coefficient (Wildman–Crippen LogP) is 2.26. The summed E-state index contributed by atoms with van der Waals surface area (Å²) in [6.07, 6.45) is 2.32. The van der Waals surface area contributed by atoms with E-state index in [1.807, 2.05) is 13.0 Å². The fraction of sp³-hybridized carbons (Fsp3) is 0.312. The van der Waals surface area contributed by atoms with Crippen molar-refractivity contribution in [2.45, 2.75) is 25.9 Å². The van der Waals surface area contributed by atoms with E-state index >= 15 is 0 Å². The van der Waals surface area contributed by atoms with E-state index in [-0.39, 0.29) is 17.8 Å². The first-order valence-electron chi connectivity index (χ1n) is 6.93. The van der Waals surface area contributed by atoms with Crippen LogP contribution in [-0.4, -0.2) is 18.5 Å². The normalized spacial score (nSPS) is 12.1. The third-order valence-corrected chi connectivity index (χ3v) is 3.19. The molecule has 1 aromatic carbocycles. The summed E-state index contributed by atoms with van der Waals surface area (Å²) in [5, 5.41) is 5.94. The summed E-state index contributed by atoms with van der Waals surface area (Å²) in [5.41, 5.74) is 1.03. The summed E-state index contributed by atoms with van der Waals surface area (Å²) in [6.45, 7) is 2.85. The first kappa shape index (κ1) is 15.3. The smallest absolute Gasteiger partial charge is 0.237 e. The Hall–Kier alpha value is -2.14. The molecule has 5 heteroatoms. The summed E-state index contributed by atoms with van der Waals surface area (Å²) in [5.74, 6) is 0.407. The molecule has 0 aliphatic carbocycles. The number of halogens is 1. The summed E-state index contributed by atoms with van der Waals surface area (Å²) in [7, 11) is 0. The van der Waals surface area contributed by atoms with Crippen LogP contribution < -0.4 is 10.6 Å². The number of nitrogens with one attached hydrogen (secondary N) is 2. The molecular formula is C16H19FN2O2. The highest BCUT2D eigenvalue weighted by molar-refractivity contribution is 5.81. The first-order chi connectivity index (χ1) is 10.1. The van der Waals surface area contributed by atoms with Crippen molar-refractivity contribution in [1.82, 2.24) is 10.6 Å². The van der Waals surface area contributed by atoms with Gasteiger partial charge < -0.3 is 15.1 Å². The number of carbonyl (C=O) groups excluding carboxylic acids is 1. The van der Waals surface area contributed by atoms with Crippen LogP contribution in [0.25, 0.3) is 0 Å². The molecule has 2 aromatic rings. The van der Waals surface area contributed by atoms with E-state index in [0.29, 0.717) is 13.1 Å². The molecule has 0 spiro atoms. The van der Waals surface area contributed by atoms with Gasteiger partial charge in [0.25, 0.3) is 0 Å². The summed E-state index contributed by atoms with van der Waals surface area (Å²) in [4.78, 5) is 11.9. The monoisotopic (exact) mass is 290 g/mol. The summed E-state index contributed by atoms with van der Waals surface area (Å²) >= 11 is 0. The largest absolute Gasteiger partial charge is 0.467 e. The van der Waals surface area contributed by atoms with E-state index in [1.165, 1.54) is 12.1 Å². The van der Waals surface area contributed by atoms with Crippen molar-refractivity contribution in [2.75, 3.05) is 6.54 Å². The zero-order valence-corrected chi connectivity index (χ0v) is 11.9. The van der Waals surface area contributed by atoms with Gasteiger partial charge in [-0.25, -0.2) is 4.39 Å². The molecule has 0 saturated heterocycles. The Labute approximate surface area is 123 Å². The Bertz CT molecular complexity index is 552. The van der Waals surface area contributed by atoms with Gasteiger partial charge in [0.1, 0.15) is 11.6 Å². The second kappa shape index (κ2) is 7.59. The van der Waals surface area contributed by atoms with Crippen LogP contribution in [0.15, 0.2) is 47.1 Å². The molecule has 112 valence electrons. The second-order valence-corrected chi connectivity index (χ2v) is 4.85. The number of rotatable bonds is 7. The SMILES string of the molecule is CC(NCCc1ccc(F)cc1)C(=O)NCc1ccco1. The molecule has 0 aliphatic heterocycles. The first-order valence-corrected chi connectivity index (χ1v) is 6.93. The van der Waals surface area contributed by atoms with Gasteiger partial charge in [0, 0.05) is 0 Å². The van der Waals surface area contributed by atoms with E-state index in [0.717, 1.165) is 17.7 Å². The lowest BCUT2D eigenvalue weighted by molar-refractivity contribution is -0.123. The molecule has 2 N–H and O–H groups in total. The Balaban J connectivity index is 1.67. The average Bonchev–Trinajstić information content (AvgIpc) is 3.00. The summed E-state index contributed by atoms with van der Waals surface area (Å²) < 4.78 is 17.9. The topological polar surface area (TPSA) is 54.3 Å². The number of hydrogen-bond donors (Lipinski definition) is 2. The van der Waals surface area contributed by atoms with E-state index in [1.54, 1.807) is 24.5 Å². The minimum atomic E-state index is -0.291. The number of hydrogen-bond acceptors (Lipinski definition) is 3. The van der Waals surface area contributed by atoms with Crippen molar-refractivity contribution < 1.29 is 13.6 Å². The van der Waals surface area contributed by atoms with Crippen molar-refractivity contribution in [3.8, 4) is 0 Å². The van der Waals surface area contributed by atoms with Crippen LogP contribution in [0.5, 0.6) is 0 Å². The molecule has 2 rings (SSSR count). The maximum absolute atomic E-state index is 12.8. The van der Waals surface area contributed by atoms with Gasteiger partial charge in [0.15, 0.2) is 0 Å². The lowest BCUT2D eigenvalue weighted by atomic mass is 10.1. The number of furan rings is 1. The lowest BCUT2D eigenvalue weighted by Crippen LogP contribution is -2.42. The molecule has 1 heterocycles. The van der Waals surface area contributed by atoms with Crippen molar-refractivity contribution in [3.63, 3.8) is 0 Å². The van der Waals surface area contributed by atoms with Crippen LogP contribution in [0.1, 0.15) is 18.2 Å². The predicted molar refractivity (Wildman–Crippen MR) is 78.1 cm³/mol. The van der Waals surface area contributed by atoms with Gasteiger partial charge >= 0.3 is 0 Å². The molecular weight excluding hydrogens is 271 g/mol. The fourth-order valence-corrected chi connectivity index (χ4v) is 1.92. The quantitative estimate of drug-likeness (QED) is 0.822. The number of amides is 1. The lowest BCUT2D eigenvalue weighted by Gasteiger charge is -2.13. The molecule has 0 saturated carbocycles. The van der Waals surface area contributed by atoms with Crippen LogP contribution in [0.2, 0.25) is 0 Å². The molecule has 4 nitrogen and oxygen atoms in total. The molecule has 0 bridgehead atoms. The Kier molecular flexibility index (Phi) is 5.51. The standard InChI is InChI=1S/C16H19FN2O2/c1-12(16(20)19-11-15-3-2-10-21-15)18-9-8-13-4-6-14(17)7-5-13/h2-7,10,12,18H,8-9,11H2,1H3,(H,19,20). The average molecular weight is 290 g/mol. The summed E-state index contributed by atoms with van der Waals surface area (Å²) in [6, 6.07) is 9.68. The second-order valence-electron chi connectivity index (χ2n) is 4.85. The van der Waals surface area contributed by atoms with Gasteiger partial charge in [-0.3, -0.25) is 4.79 Å².